The molecule has 1 amide bonds. The van der Waals surface area contributed by atoms with Crippen LogP contribution in [-0.4, -0.2) is 47.6 Å². The quantitative estimate of drug-likeness (QED) is 0.460. The van der Waals surface area contributed by atoms with Crippen LogP contribution in [0.3, 0.4) is 0 Å². The third-order valence-corrected chi connectivity index (χ3v) is 3.69. The largest absolute Gasteiger partial charge is 0.464 e. The standard InChI is InChI=1S/C17H22N4O5/c1-12-3-5-14(26-12)11-20(2)17(23)10-19-16-9-13(21(24)25)4-6-15(16)18-7-8-22/h3-6,9,18-19,22H,7-8,10-11H2,1-2H3. The summed E-state index contributed by atoms with van der Waals surface area (Å²) >= 11 is 0. The molecule has 0 saturated heterocycles. The number of rotatable bonds is 9. The molecule has 0 atom stereocenters. The Bertz CT molecular complexity index is 774. The van der Waals surface area contributed by atoms with Crippen LogP contribution in [0.5, 0.6) is 0 Å². The van der Waals surface area contributed by atoms with Gasteiger partial charge in [-0.25, -0.2) is 0 Å². The molecule has 140 valence electrons. The van der Waals surface area contributed by atoms with E-state index in [9.17, 15) is 14.9 Å². The highest BCUT2D eigenvalue weighted by molar-refractivity contribution is 5.83. The first-order valence-corrected chi connectivity index (χ1v) is 8.07. The number of hydrogen-bond acceptors (Lipinski definition) is 7. The van der Waals surface area contributed by atoms with Crippen LogP contribution in [0.4, 0.5) is 17.1 Å². The fraction of sp³-hybridized carbons (Fsp3) is 0.353. The van der Waals surface area contributed by atoms with Crippen molar-refractivity contribution in [2.75, 3.05) is 37.4 Å². The molecule has 0 aliphatic heterocycles. The predicted octanol–water partition coefficient (Wildman–Crippen LogP) is 1.97. The lowest BCUT2D eigenvalue weighted by molar-refractivity contribution is -0.384. The first kappa shape index (κ1) is 19.3. The lowest BCUT2D eigenvalue weighted by Gasteiger charge is -2.18. The summed E-state index contributed by atoms with van der Waals surface area (Å²) in [5.74, 6) is 1.26. The number of benzene rings is 1. The number of non-ortho nitro benzene ring substituents is 1. The third kappa shape index (κ3) is 5.21. The van der Waals surface area contributed by atoms with Gasteiger partial charge >= 0.3 is 0 Å². The van der Waals surface area contributed by atoms with Crippen LogP contribution in [0.25, 0.3) is 0 Å². The zero-order valence-corrected chi connectivity index (χ0v) is 14.7. The van der Waals surface area contributed by atoms with Gasteiger partial charge in [0.1, 0.15) is 11.5 Å². The molecule has 1 aromatic heterocycles. The van der Waals surface area contributed by atoms with Crippen molar-refractivity contribution in [1.82, 2.24) is 4.90 Å². The predicted molar refractivity (Wildman–Crippen MR) is 97.1 cm³/mol. The fourth-order valence-corrected chi connectivity index (χ4v) is 2.33. The number of nitro benzene ring substituents is 1. The average molecular weight is 362 g/mol. The van der Waals surface area contributed by atoms with Crippen LogP contribution in [-0.2, 0) is 11.3 Å². The molecule has 0 unspecified atom stereocenters. The van der Waals surface area contributed by atoms with Gasteiger partial charge in [-0.15, -0.1) is 0 Å². The van der Waals surface area contributed by atoms with Crippen LogP contribution in [0, 0.1) is 17.0 Å². The van der Waals surface area contributed by atoms with Gasteiger partial charge in [-0.2, -0.15) is 0 Å². The van der Waals surface area contributed by atoms with Gasteiger partial charge < -0.3 is 25.1 Å². The number of aryl methyl sites for hydroxylation is 1. The molecule has 1 aromatic carbocycles. The number of nitrogens with one attached hydrogen (secondary N) is 2. The summed E-state index contributed by atoms with van der Waals surface area (Å²) in [7, 11) is 1.65. The van der Waals surface area contributed by atoms with E-state index >= 15 is 0 Å². The Balaban J connectivity index is 2.02. The van der Waals surface area contributed by atoms with Gasteiger partial charge in [-0.1, -0.05) is 0 Å². The highest BCUT2D eigenvalue weighted by atomic mass is 16.6. The first-order valence-electron chi connectivity index (χ1n) is 8.07. The Hall–Kier alpha value is -3.07. The van der Waals surface area contributed by atoms with E-state index < -0.39 is 4.92 Å². The van der Waals surface area contributed by atoms with Crippen LogP contribution in [0.1, 0.15) is 11.5 Å². The van der Waals surface area contributed by atoms with Crippen LogP contribution in [0.15, 0.2) is 34.7 Å². The molecule has 1 heterocycles. The number of carbonyl (C=O) groups excluding carboxylic acids is 1. The Morgan fingerprint density at radius 1 is 1.27 bits per heavy atom. The van der Waals surface area contributed by atoms with Gasteiger partial charge in [0.25, 0.3) is 5.69 Å². The molecular weight excluding hydrogens is 340 g/mol. The van der Waals surface area contributed by atoms with Crippen LogP contribution >= 0.6 is 0 Å². The summed E-state index contributed by atoms with van der Waals surface area (Å²) in [5.41, 5.74) is 0.902. The molecule has 0 aliphatic carbocycles. The summed E-state index contributed by atoms with van der Waals surface area (Å²) in [4.78, 5) is 24.3. The summed E-state index contributed by atoms with van der Waals surface area (Å²) < 4.78 is 5.45. The molecule has 9 heteroatoms. The minimum Gasteiger partial charge on any atom is -0.464 e. The molecule has 0 bridgehead atoms. The van der Waals surface area contributed by atoms with E-state index in [1.807, 2.05) is 19.1 Å². The summed E-state index contributed by atoms with van der Waals surface area (Å²) in [6.45, 7) is 2.33. The number of amides is 1. The second-order valence-electron chi connectivity index (χ2n) is 5.75. The van der Waals surface area contributed by atoms with E-state index in [1.165, 1.54) is 23.1 Å². The molecule has 0 spiro atoms. The number of aliphatic hydroxyl groups excluding tert-OH is 1. The van der Waals surface area contributed by atoms with Gasteiger partial charge in [0.05, 0.1) is 36.0 Å². The van der Waals surface area contributed by atoms with Gasteiger partial charge in [-0.05, 0) is 25.1 Å². The van der Waals surface area contributed by atoms with E-state index in [1.54, 1.807) is 7.05 Å². The molecule has 0 radical (unpaired) electrons. The molecule has 0 aliphatic rings. The molecule has 0 saturated carbocycles. The third-order valence-electron chi connectivity index (χ3n) is 3.69. The second kappa shape index (κ2) is 8.86. The number of anilines is 2. The molecule has 2 aromatic rings. The number of furan rings is 1. The maximum Gasteiger partial charge on any atom is 0.271 e. The monoisotopic (exact) mass is 362 g/mol. The van der Waals surface area contributed by atoms with E-state index in [4.69, 9.17) is 9.52 Å². The van der Waals surface area contributed by atoms with Crippen LogP contribution in [0.2, 0.25) is 0 Å². The van der Waals surface area contributed by atoms with Crippen molar-refractivity contribution in [1.29, 1.82) is 0 Å². The minimum atomic E-state index is -0.506. The van der Waals surface area contributed by atoms with E-state index in [-0.39, 0.29) is 31.3 Å². The zero-order chi connectivity index (χ0) is 19.1. The van der Waals surface area contributed by atoms with Crippen molar-refractivity contribution in [3.8, 4) is 0 Å². The Morgan fingerprint density at radius 2 is 2.04 bits per heavy atom. The van der Waals surface area contributed by atoms with Crippen LogP contribution < -0.4 is 10.6 Å². The van der Waals surface area contributed by atoms with E-state index in [2.05, 4.69) is 10.6 Å². The minimum absolute atomic E-state index is 0.0365. The van der Waals surface area contributed by atoms with Crippen molar-refractivity contribution < 1.29 is 19.2 Å². The highest BCUT2D eigenvalue weighted by Gasteiger charge is 2.14. The van der Waals surface area contributed by atoms with Crippen molar-refractivity contribution >= 4 is 23.0 Å². The Labute approximate surface area is 150 Å². The fourth-order valence-electron chi connectivity index (χ4n) is 2.33. The van der Waals surface area contributed by atoms with Gasteiger partial charge in [0, 0.05) is 25.7 Å². The lowest BCUT2D eigenvalue weighted by atomic mass is 10.2. The molecule has 9 nitrogen and oxygen atoms in total. The van der Waals surface area contributed by atoms with E-state index in [0.717, 1.165) is 5.76 Å². The summed E-state index contributed by atoms with van der Waals surface area (Å²) in [5, 5.41) is 25.8. The number of nitro groups is 1. The van der Waals surface area contributed by atoms with Gasteiger partial charge in [0.15, 0.2) is 0 Å². The average Bonchev–Trinajstić information content (AvgIpc) is 3.02. The summed E-state index contributed by atoms with van der Waals surface area (Å²) in [6.07, 6.45) is 0. The maximum atomic E-state index is 12.3. The number of aliphatic hydroxyl groups is 1. The second-order valence-corrected chi connectivity index (χ2v) is 5.75. The molecule has 0 fully saturated rings. The maximum absolute atomic E-state index is 12.3. The highest BCUT2D eigenvalue weighted by Crippen LogP contribution is 2.26. The first-order chi connectivity index (χ1) is 12.4. The normalized spacial score (nSPS) is 10.4. The van der Waals surface area contributed by atoms with Crippen molar-refractivity contribution in [3.63, 3.8) is 0 Å². The topological polar surface area (TPSA) is 121 Å². The number of carbonyl (C=O) groups is 1. The van der Waals surface area contributed by atoms with Crippen molar-refractivity contribution in [3.05, 3.63) is 52.0 Å². The number of likely N-dealkylation sites (N-methyl/N-ethyl adjacent to an activating group) is 1. The van der Waals surface area contributed by atoms with Gasteiger partial charge in [-0.3, -0.25) is 14.9 Å². The molecular formula is C17H22N4O5. The molecule has 26 heavy (non-hydrogen) atoms. The van der Waals surface area contributed by atoms with E-state index in [0.29, 0.717) is 23.7 Å². The smallest absolute Gasteiger partial charge is 0.271 e. The zero-order valence-electron chi connectivity index (χ0n) is 14.7. The van der Waals surface area contributed by atoms with Crippen molar-refractivity contribution in [2.24, 2.45) is 0 Å². The van der Waals surface area contributed by atoms with Crippen molar-refractivity contribution in [2.45, 2.75) is 13.5 Å². The number of nitrogens with zero attached hydrogens (tertiary/aromatic N) is 2. The Morgan fingerprint density at radius 3 is 2.65 bits per heavy atom. The molecule has 3 N–H and O–H groups in total. The SMILES string of the molecule is Cc1ccc(CN(C)C(=O)CNc2cc([N+](=O)[O-])ccc2NCCO)o1. The summed E-state index contributed by atoms with van der Waals surface area (Å²) in [6, 6.07) is 7.88. The Kier molecular flexibility index (Phi) is 6.56. The number of hydrogen-bond donors (Lipinski definition) is 3. The lowest BCUT2D eigenvalue weighted by Crippen LogP contribution is -2.31. The van der Waals surface area contributed by atoms with Gasteiger partial charge in [0.2, 0.25) is 5.91 Å². The molecule has 2 rings (SSSR count).